The zero-order chi connectivity index (χ0) is 13.4. The standard InChI is InChI=1S/C15H13BrO3/c1-18-14(17)6-5-9-7-10(16)8-12-11-3-2-4-13(11)19-15(9)12/h2-3,5-8,11,13H,4H2,1H3. The van der Waals surface area contributed by atoms with E-state index in [1.165, 1.54) is 18.7 Å². The van der Waals surface area contributed by atoms with Gasteiger partial charge in [-0.25, -0.2) is 4.79 Å². The molecule has 0 saturated heterocycles. The van der Waals surface area contributed by atoms with Crippen molar-refractivity contribution in [1.82, 2.24) is 0 Å². The van der Waals surface area contributed by atoms with Gasteiger partial charge in [-0.1, -0.05) is 28.1 Å². The Morgan fingerprint density at radius 3 is 3.16 bits per heavy atom. The van der Waals surface area contributed by atoms with Crippen LogP contribution in [0.4, 0.5) is 0 Å². The summed E-state index contributed by atoms with van der Waals surface area (Å²) in [6, 6.07) is 4.04. The topological polar surface area (TPSA) is 35.5 Å². The number of methoxy groups -OCH3 is 1. The summed E-state index contributed by atoms with van der Waals surface area (Å²) in [7, 11) is 1.36. The SMILES string of the molecule is COC(=O)C=Cc1cc(Br)cc2c1OC1CC=CC21. The van der Waals surface area contributed by atoms with Gasteiger partial charge in [0.25, 0.3) is 0 Å². The molecule has 4 heteroatoms. The molecule has 0 fully saturated rings. The highest BCUT2D eigenvalue weighted by Crippen LogP contribution is 2.46. The number of esters is 1. The minimum Gasteiger partial charge on any atom is -0.488 e. The van der Waals surface area contributed by atoms with Crippen LogP contribution in [-0.4, -0.2) is 19.2 Å². The molecule has 0 aromatic heterocycles. The van der Waals surface area contributed by atoms with E-state index in [9.17, 15) is 4.79 Å². The molecule has 0 bridgehead atoms. The van der Waals surface area contributed by atoms with Crippen LogP contribution in [0, 0.1) is 0 Å². The lowest BCUT2D eigenvalue weighted by molar-refractivity contribution is -0.134. The van der Waals surface area contributed by atoms with E-state index in [-0.39, 0.29) is 12.1 Å². The number of hydrogen-bond acceptors (Lipinski definition) is 3. The van der Waals surface area contributed by atoms with E-state index in [4.69, 9.17) is 4.74 Å². The number of carbonyl (C=O) groups excluding carboxylic acids is 1. The molecule has 0 amide bonds. The average Bonchev–Trinajstić information content (AvgIpc) is 2.97. The van der Waals surface area contributed by atoms with Crippen molar-refractivity contribution in [2.75, 3.05) is 7.11 Å². The van der Waals surface area contributed by atoms with Crippen molar-refractivity contribution in [1.29, 1.82) is 0 Å². The Balaban J connectivity index is 2.01. The van der Waals surface area contributed by atoms with Crippen LogP contribution in [0.2, 0.25) is 0 Å². The van der Waals surface area contributed by atoms with Crippen LogP contribution in [0.5, 0.6) is 5.75 Å². The molecular formula is C15H13BrO3. The van der Waals surface area contributed by atoms with Crippen molar-refractivity contribution in [3.63, 3.8) is 0 Å². The number of rotatable bonds is 2. The van der Waals surface area contributed by atoms with Crippen LogP contribution in [0.1, 0.15) is 23.5 Å². The van der Waals surface area contributed by atoms with Crippen molar-refractivity contribution in [2.45, 2.75) is 18.4 Å². The third-order valence-corrected chi connectivity index (χ3v) is 3.91. The zero-order valence-electron chi connectivity index (χ0n) is 10.4. The summed E-state index contributed by atoms with van der Waals surface area (Å²) >= 11 is 3.51. The minimum atomic E-state index is -0.369. The Morgan fingerprint density at radius 2 is 2.37 bits per heavy atom. The number of ether oxygens (including phenoxy) is 2. The molecule has 0 saturated carbocycles. The van der Waals surface area contributed by atoms with Gasteiger partial charge in [-0.15, -0.1) is 0 Å². The summed E-state index contributed by atoms with van der Waals surface area (Å²) < 4.78 is 11.6. The maximum Gasteiger partial charge on any atom is 0.330 e. The smallest absolute Gasteiger partial charge is 0.330 e. The highest BCUT2D eigenvalue weighted by molar-refractivity contribution is 9.10. The van der Waals surface area contributed by atoms with Gasteiger partial charge in [0.2, 0.25) is 0 Å². The van der Waals surface area contributed by atoms with Gasteiger partial charge in [0.15, 0.2) is 0 Å². The number of benzene rings is 1. The Labute approximate surface area is 120 Å². The van der Waals surface area contributed by atoms with Crippen LogP contribution >= 0.6 is 15.9 Å². The molecule has 98 valence electrons. The second kappa shape index (κ2) is 4.85. The lowest BCUT2D eigenvalue weighted by atomic mass is 9.97. The second-order valence-corrected chi connectivity index (χ2v) is 5.53. The monoisotopic (exact) mass is 320 g/mol. The largest absolute Gasteiger partial charge is 0.488 e. The van der Waals surface area contributed by atoms with E-state index >= 15 is 0 Å². The highest BCUT2D eigenvalue weighted by Gasteiger charge is 2.36. The molecule has 3 rings (SSSR count). The van der Waals surface area contributed by atoms with E-state index in [1.54, 1.807) is 6.08 Å². The second-order valence-electron chi connectivity index (χ2n) is 4.62. The van der Waals surface area contributed by atoms with E-state index in [0.29, 0.717) is 5.92 Å². The quantitative estimate of drug-likeness (QED) is 0.475. The van der Waals surface area contributed by atoms with Crippen LogP contribution < -0.4 is 4.74 Å². The first-order chi connectivity index (χ1) is 9.19. The minimum absolute atomic E-state index is 0.203. The van der Waals surface area contributed by atoms with E-state index in [2.05, 4.69) is 38.9 Å². The van der Waals surface area contributed by atoms with Crippen LogP contribution in [0.3, 0.4) is 0 Å². The molecule has 1 aromatic carbocycles. The Morgan fingerprint density at radius 1 is 1.53 bits per heavy atom. The molecule has 0 spiro atoms. The molecule has 0 radical (unpaired) electrons. The summed E-state index contributed by atoms with van der Waals surface area (Å²) in [4.78, 5) is 11.2. The van der Waals surface area contributed by atoms with Crippen molar-refractivity contribution in [3.8, 4) is 5.75 Å². The Hall–Kier alpha value is -1.55. The molecule has 1 aliphatic carbocycles. The van der Waals surface area contributed by atoms with Gasteiger partial charge in [-0.05, 0) is 18.2 Å². The van der Waals surface area contributed by atoms with Gasteiger partial charge in [-0.3, -0.25) is 0 Å². The molecule has 1 aromatic rings. The molecule has 2 unspecified atom stereocenters. The third kappa shape index (κ3) is 2.21. The number of fused-ring (bicyclic) bond motifs is 3. The summed E-state index contributed by atoms with van der Waals surface area (Å²) in [5.41, 5.74) is 2.08. The summed E-state index contributed by atoms with van der Waals surface area (Å²) in [5, 5.41) is 0. The van der Waals surface area contributed by atoms with Gasteiger partial charge < -0.3 is 9.47 Å². The van der Waals surface area contributed by atoms with Gasteiger partial charge in [0, 0.05) is 34.0 Å². The molecule has 2 atom stereocenters. The Kier molecular flexibility index (Phi) is 3.19. The Bertz CT molecular complexity index is 589. The normalized spacial score (nSPS) is 23.3. The summed E-state index contributed by atoms with van der Waals surface area (Å²) in [6.07, 6.45) is 8.64. The average molecular weight is 321 g/mol. The van der Waals surface area contributed by atoms with Crippen molar-refractivity contribution in [3.05, 3.63) is 46.0 Å². The maximum absolute atomic E-state index is 11.2. The molecule has 3 nitrogen and oxygen atoms in total. The third-order valence-electron chi connectivity index (χ3n) is 3.45. The highest BCUT2D eigenvalue weighted by atomic mass is 79.9. The number of carbonyl (C=O) groups is 1. The van der Waals surface area contributed by atoms with Gasteiger partial charge in [-0.2, -0.15) is 0 Å². The first-order valence-corrected chi connectivity index (χ1v) is 6.91. The first kappa shape index (κ1) is 12.5. The fourth-order valence-electron chi connectivity index (χ4n) is 2.58. The van der Waals surface area contributed by atoms with Crippen molar-refractivity contribution in [2.24, 2.45) is 0 Å². The number of hydrogen-bond donors (Lipinski definition) is 0. The molecule has 2 aliphatic rings. The first-order valence-electron chi connectivity index (χ1n) is 6.12. The van der Waals surface area contributed by atoms with Crippen molar-refractivity contribution >= 4 is 28.0 Å². The zero-order valence-corrected chi connectivity index (χ0v) is 12.0. The van der Waals surface area contributed by atoms with Gasteiger partial charge >= 0.3 is 5.97 Å². The molecule has 19 heavy (non-hydrogen) atoms. The number of halogens is 1. The molecule has 0 N–H and O–H groups in total. The van der Waals surface area contributed by atoms with Crippen molar-refractivity contribution < 1.29 is 14.3 Å². The predicted molar refractivity (Wildman–Crippen MR) is 76.1 cm³/mol. The van der Waals surface area contributed by atoms with E-state index in [1.807, 2.05) is 6.07 Å². The summed E-state index contributed by atoms with van der Waals surface area (Å²) in [5.74, 6) is 0.840. The van der Waals surface area contributed by atoms with Crippen LogP contribution in [0.15, 0.2) is 34.8 Å². The predicted octanol–water partition coefficient (Wildman–Crippen LogP) is 3.44. The fraction of sp³-hybridized carbons (Fsp3) is 0.267. The lowest BCUT2D eigenvalue weighted by Crippen LogP contribution is -2.11. The van der Waals surface area contributed by atoms with E-state index < -0.39 is 0 Å². The van der Waals surface area contributed by atoms with Gasteiger partial charge in [0.1, 0.15) is 11.9 Å². The fourth-order valence-corrected chi connectivity index (χ4v) is 3.07. The lowest BCUT2D eigenvalue weighted by Gasteiger charge is -2.08. The van der Waals surface area contributed by atoms with Crippen LogP contribution in [-0.2, 0) is 9.53 Å². The van der Waals surface area contributed by atoms with Gasteiger partial charge in [0.05, 0.1) is 7.11 Å². The van der Waals surface area contributed by atoms with E-state index in [0.717, 1.165) is 22.2 Å². The molecular weight excluding hydrogens is 308 g/mol. The molecule has 1 heterocycles. The van der Waals surface area contributed by atoms with Crippen LogP contribution in [0.25, 0.3) is 6.08 Å². The molecule has 1 aliphatic heterocycles. The summed E-state index contributed by atoms with van der Waals surface area (Å²) in [6.45, 7) is 0. The maximum atomic E-state index is 11.2.